The summed E-state index contributed by atoms with van der Waals surface area (Å²) in [7, 11) is 1.77. The number of amides is 3. The monoisotopic (exact) mass is 479 g/mol. The fourth-order valence-corrected chi connectivity index (χ4v) is 5.53. The van der Waals surface area contributed by atoms with Gasteiger partial charge in [0.25, 0.3) is 0 Å². The molecular weight excluding hydrogens is 442 g/mol. The van der Waals surface area contributed by atoms with Gasteiger partial charge in [-0.15, -0.1) is 0 Å². The predicted molar refractivity (Wildman–Crippen MR) is 133 cm³/mol. The number of carbonyl (C=O) groups excluding carboxylic acids is 3. The smallest absolute Gasteiger partial charge is 0.249 e. The lowest BCUT2D eigenvalue weighted by atomic mass is 9.88. The number of carbonyl (C=O) groups is 3. The molecule has 2 heterocycles. The number of piperazine rings is 1. The van der Waals surface area contributed by atoms with Crippen molar-refractivity contribution in [2.45, 2.75) is 78.0 Å². The number of aromatic nitrogens is 2. The van der Waals surface area contributed by atoms with Crippen LogP contribution < -0.4 is 10.6 Å². The first-order valence-corrected chi connectivity index (χ1v) is 12.6. The maximum absolute atomic E-state index is 14.2. The summed E-state index contributed by atoms with van der Waals surface area (Å²) in [6.07, 6.45) is 1.92. The molecule has 2 aliphatic rings. The fraction of sp³-hybridized carbons (Fsp3) is 0.556. The normalized spacial score (nSPS) is 21.4. The molecule has 1 aromatic heterocycles. The summed E-state index contributed by atoms with van der Waals surface area (Å²) < 4.78 is 1.65. The van der Waals surface area contributed by atoms with Crippen LogP contribution in [0.4, 0.5) is 0 Å². The van der Waals surface area contributed by atoms with Crippen molar-refractivity contribution in [3.8, 4) is 0 Å². The largest absolute Gasteiger partial charge is 0.352 e. The molecule has 35 heavy (non-hydrogen) atoms. The molecule has 1 aliphatic carbocycles. The third-order valence-electron chi connectivity index (χ3n) is 6.98. The van der Waals surface area contributed by atoms with Crippen LogP contribution in [0.1, 0.15) is 62.7 Å². The zero-order chi connectivity index (χ0) is 25.4. The van der Waals surface area contributed by atoms with E-state index in [0.717, 1.165) is 18.5 Å². The van der Waals surface area contributed by atoms with E-state index >= 15 is 0 Å². The van der Waals surface area contributed by atoms with Crippen LogP contribution in [0.25, 0.3) is 0 Å². The number of hydrogen-bond acceptors (Lipinski definition) is 4. The Kier molecular flexibility index (Phi) is 7.01. The van der Waals surface area contributed by atoms with Crippen LogP contribution in [0.15, 0.2) is 30.3 Å². The summed E-state index contributed by atoms with van der Waals surface area (Å²) in [5, 5.41) is 10.5. The maximum atomic E-state index is 14.2. The van der Waals surface area contributed by atoms with Crippen LogP contribution in [0.5, 0.6) is 0 Å². The molecule has 0 unspecified atom stereocenters. The molecule has 8 nitrogen and oxygen atoms in total. The van der Waals surface area contributed by atoms with Crippen LogP contribution in [-0.2, 0) is 34.3 Å². The van der Waals surface area contributed by atoms with E-state index in [4.69, 9.17) is 0 Å². The molecule has 4 rings (SSSR count). The molecule has 0 saturated carbocycles. The Bertz CT molecular complexity index is 1100. The Balaban J connectivity index is 1.76. The van der Waals surface area contributed by atoms with Gasteiger partial charge in [0.1, 0.15) is 12.1 Å². The van der Waals surface area contributed by atoms with E-state index in [0.29, 0.717) is 12.1 Å². The first-order chi connectivity index (χ1) is 16.6. The van der Waals surface area contributed by atoms with Gasteiger partial charge in [0.05, 0.1) is 11.4 Å². The van der Waals surface area contributed by atoms with Gasteiger partial charge in [-0.25, -0.2) is 0 Å². The highest BCUT2D eigenvalue weighted by molar-refractivity contribution is 6.00. The molecule has 1 aromatic carbocycles. The number of nitrogens with one attached hydrogen (secondary N) is 2. The third kappa shape index (κ3) is 4.97. The van der Waals surface area contributed by atoms with Crippen molar-refractivity contribution in [2.24, 2.45) is 18.9 Å². The van der Waals surface area contributed by atoms with Gasteiger partial charge >= 0.3 is 0 Å². The van der Waals surface area contributed by atoms with E-state index in [1.54, 1.807) is 16.6 Å². The topological polar surface area (TPSA) is 96.3 Å². The lowest BCUT2D eigenvalue weighted by Crippen LogP contribution is -2.67. The molecular formula is C27H37N5O3. The van der Waals surface area contributed by atoms with Gasteiger partial charge in [-0.3, -0.25) is 19.1 Å². The van der Waals surface area contributed by atoms with Crippen LogP contribution >= 0.6 is 0 Å². The lowest BCUT2D eigenvalue weighted by molar-refractivity contribution is -0.158. The van der Waals surface area contributed by atoms with Gasteiger partial charge in [-0.1, -0.05) is 38.1 Å². The molecule has 1 saturated heterocycles. The highest BCUT2D eigenvalue weighted by Crippen LogP contribution is 2.35. The van der Waals surface area contributed by atoms with Crippen molar-refractivity contribution in [3.05, 3.63) is 52.8 Å². The second kappa shape index (κ2) is 9.84. The molecule has 188 valence electrons. The minimum Gasteiger partial charge on any atom is -0.352 e. The SMILES string of the molecule is Cc1cc([C@H](C(=O)NC(C)C)N2C(=O)[C@@H](C3Cc4ccccc4C3)NC(=O)[C@H]2CC(C)C)n(C)n1. The summed E-state index contributed by atoms with van der Waals surface area (Å²) in [5.74, 6) is -0.576. The first-order valence-electron chi connectivity index (χ1n) is 12.6. The highest BCUT2D eigenvalue weighted by Gasteiger charge is 2.50. The predicted octanol–water partition coefficient (Wildman–Crippen LogP) is 2.45. The lowest BCUT2D eigenvalue weighted by Gasteiger charge is -2.44. The Labute approximate surface area is 207 Å². The zero-order valence-corrected chi connectivity index (χ0v) is 21.5. The quantitative estimate of drug-likeness (QED) is 0.638. The zero-order valence-electron chi connectivity index (χ0n) is 21.5. The average Bonchev–Trinajstić information content (AvgIpc) is 3.34. The van der Waals surface area contributed by atoms with Crippen LogP contribution in [0.3, 0.4) is 0 Å². The summed E-state index contributed by atoms with van der Waals surface area (Å²) in [6, 6.07) is 7.53. The van der Waals surface area contributed by atoms with E-state index in [1.807, 2.05) is 52.8 Å². The Morgan fingerprint density at radius 3 is 2.29 bits per heavy atom. The van der Waals surface area contributed by atoms with Crippen molar-refractivity contribution in [1.29, 1.82) is 0 Å². The Morgan fingerprint density at radius 1 is 1.14 bits per heavy atom. The minimum absolute atomic E-state index is 0.0477. The second-order valence-electron chi connectivity index (χ2n) is 10.7. The summed E-state index contributed by atoms with van der Waals surface area (Å²) in [5.41, 5.74) is 3.78. The van der Waals surface area contributed by atoms with Crippen molar-refractivity contribution < 1.29 is 14.4 Å². The summed E-state index contributed by atoms with van der Waals surface area (Å²) >= 11 is 0. The van der Waals surface area contributed by atoms with Crippen molar-refractivity contribution >= 4 is 17.7 Å². The molecule has 2 aromatic rings. The first kappa shape index (κ1) is 24.9. The van der Waals surface area contributed by atoms with Crippen LogP contribution in [0.2, 0.25) is 0 Å². The van der Waals surface area contributed by atoms with E-state index in [-0.39, 0.29) is 35.6 Å². The molecule has 1 aliphatic heterocycles. The van der Waals surface area contributed by atoms with E-state index < -0.39 is 18.1 Å². The summed E-state index contributed by atoms with van der Waals surface area (Å²) in [4.78, 5) is 42.9. The fourth-order valence-electron chi connectivity index (χ4n) is 5.53. The van der Waals surface area contributed by atoms with Crippen molar-refractivity contribution in [1.82, 2.24) is 25.3 Å². The van der Waals surface area contributed by atoms with E-state index in [1.165, 1.54) is 11.1 Å². The van der Waals surface area contributed by atoms with Gasteiger partial charge in [-0.2, -0.15) is 5.10 Å². The second-order valence-corrected chi connectivity index (χ2v) is 10.7. The van der Waals surface area contributed by atoms with Crippen molar-refractivity contribution in [3.63, 3.8) is 0 Å². The Hall–Kier alpha value is -3.16. The molecule has 0 spiro atoms. The minimum atomic E-state index is -0.947. The van der Waals surface area contributed by atoms with Crippen LogP contribution in [-0.4, -0.2) is 50.5 Å². The van der Waals surface area contributed by atoms with Crippen molar-refractivity contribution in [2.75, 3.05) is 0 Å². The van der Waals surface area contributed by atoms with E-state index in [9.17, 15) is 14.4 Å². The van der Waals surface area contributed by atoms with Gasteiger partial charge in [-0.05, 0) is 69.1 Å². The molecule has 2 N–H and O–H groups in total. The van der Waals surface area contributed by atoms with Gasteiger partial charge in [0.2, 0.25) is 17.7 Å². The summed E-state index contributed by atoms with van der Waals surface area (Å²) in [6.45, 7) is 9.67. The number of benzene rings is 1. The number of hydrogen-bond donors (Lipinski definition) is 2. The molecule has 0 bridgehead atoms. The van der Waals surface area contributed by atoms with Gasteiger partial charge in [0.15, 0.2) is 6.04 Å². The molecule has 3 atom stereocenters. The third-order valence-corrected chi connectivity index (χ3v) is 6.98. The number of rotatable bonds is 7. The number of nitrogens with zero attached hydrogens (tertiary/aromatic N) is 3. The van der Waals surface area contributed by atoms with Crippen LogP contribution in [0, 0.1) is 18.8 Å². The molecule has 0 radical (unpaired) electrons. The van der Waals surface area contributed by atoms with E-state index in [2.05, 4.69) is 27.9 Å². The maximum Gasteiger partial charge on any atom is 0.249 e. The number of fused-ring (bicyclic) bond motifs is 1. The standard InChI is InChI=1S/C27H37N5O3/c1-15(2)11-22-25(33)29-23(20-13-18-9-7-8-10-19(18)14-20)27(35)32(22)24(26(34)28-16(3)4)21-12-17(5)30-31(21)6/h7-10,12,15-16,20,22-24H,11,13-14H2,1-6H3,(H,28,34)(H,29,33)/t22-,23-,24-/m1/s1. The molecule has 1 fully saturated rings. The Morgan fingerprint density at radius 2 is 1.77 bits per heavy atom. The number of aryl methyl sites for hydroxylation is 2. The van der Waals surface area contributed by atoms with Gasteiger partial charge in [0, 0.05) is 13.1 Å². The highest BCUT2D eigenvalue weighted by atomic mass is 16.2. The van der Waals surface area contributed by atoms with Gasteiger partial charge < -0.3 is 15.5 Å². The molecule has 3 amide bonds. The molecule has 8 heteroatoms. The average molecular weight is 480 g/mol.